The van der Waals surface area contributed by atoms with Crippen LogP contribution in [0.3, 0.4) is 0 Å². The van der Waals surface area contributed by atoms with Crippen LogP contribution >= 0.6 is 11.6 Å². The molecule has 5 rings (SSSR count). The van der Waals surface area contributed by atoms with Crippen molar-refractivity contribution in [3.63, 3.8) is 0 Å². The average Bonchev–Trinajstić information content (AvgIpc) is 3.14. The van der Waals surface area contributed by atoms with Gasteiger partial charge in [-0.3, -0.25) is 9.79 Å². The van der Waals surface area contributed by atoms with Gasteiger partial charge in [0.05, 0.1) is 30.1 Å². The molecule has 0 saturated carbocycles. The molecule has 9 nitrogen and oxygen atoms in total. The van der Waals surface area contributed by atoms with Gasteiger partial charge in [0.25, 0.3) is 5.91 Å². The lowest BCUT2D eigenvalue weighted by Crippen LogP contribution is -2.43. The van der Waals surface area contributed by atoms with Crippen molar-refractivity contribution in [1.29, 1.82) is 0 Å². The minimum Gasteiger partial charge on any atom is -0.464 e. The van der Waals surface area contributed by atoms with E-state index in [9.17, 15) is 18.4 Å². The highest BCUT2D eigenvalue weighted by Crippen LogP contribution is 2.34. The van der Waals surface area contributed by atoms with Gasteiger partial charge in [0.1, 0.15) is 17.7 Å². The van der Waals surface area contributed by atoms with Crippen LogP contribution in [0.2, 0.25) is 5.02 Å². The summed E-state index contributed by atoms with van der Waals surface area (Å²) in [6, 6.07) is 14.3. The Morgan fingerprint density at radius 1 is 1.07 bits per heavy atom. The highest BCUT2D eigenvalue weighted by molar-refractivity contribution is 6.31. The lowest BCUT2D eigenvalue weighted by molar-refractivity contribution is -0.145. The van der Waals surface area contributed by atoms with Crippen LogP contribution in [0.1, 0.15) is 40.4 Å². The lowest BCUT2D eigenvalue weighted by Gasteiger charge is -2.16. The van der Waals surface area contributed by atoms with Crippen LogP contribution in [0.5, 0.6) is 0 Å². The average molecular weight is 605 g/mol. The SMILES string of the molecule is CCOC(=O)[C@@H](CCN)NC(=O)c1ccc(Nc2ncc3c(n2)-c2ccc(Cl)cc2C(c2c(F)cccc2F)=NC3)cc1. The first kappa shape index (κ1) is 29.7. The zero-order chi connectivity index (χ0) is 30.5. The van der Waals surface area contributed by atoms with E-state index in [1.54, 1.807) is 55.6 Å². The first-order valence-electron chi connectivity index (χ1n) is 13.5. The van der Waals surface area contributed by atoms with E-state index < -0.39 is 29.6 Å². The number of halogens is 3. The number of carbonyl (C=O) groups is 2. The summed E-state index contributed by atoms with van der Waals surface area (Å²) < 4.78 is 34.6. The second-order valence-corrected chi connectivity index (χ2v) is 10.0. The van der Waals surface area contributed by atoms with Crippen LogP contribution < -0.4 is 16.4 Å². The molecular formula is C31H27ClF2N6O3. The quantitative estimate of drug-likeness (QED) is 0.224. The lowest BCUT2D eigenvalue weighted by atomic mass is 9.95. The molecule has 0 aliphatic carbocycles. The number of benzene rings is 3. The molecule has 1 atom stereocenters. The molecule has 0 unspecified atom stereocenters. The van der Waals surface area contributed by atoms with Crippen LogP contribution in [0.25, 0.3) is 11.3 Å². The Bertz CT molecular complexity index is 1690. The van der Waals surface area contributed by atoms with Gasteiger partial charge in [-0.15, -0.1) is 0 Å². The molecule has 12 heteroatoms. The number of anilines is 2. The minimum atomic E-state index is -0.847. The monoisotopic (exact) mass is 604 g/mol. The molecule has 0 spiro atoms. The number of aromatic nitrogens is 2. The van der Waals surface area contributed by atoms with Crippen molar-refractivity contribution in [3.05, 3.63) is 106 Å². The van der Waals surface area contributed by atoms with Crippen molar-refractivity contribution in [3.8, 4) is 11.3 Å². The van der Waals surface area contributed by atoms with Crippen molar-refractivity contribution >= 4 is 40.8 Å². The van der Waals surface area contributed by atoms with E-state index >= 15 is 0 Å². The van der Waals surface area contributed by atoms with Crippen LogP contribution in [-0.2, 0) is 16.1 Å². The Morgan fingerprint density at radius 3 is 2.51 bits per heavy atom. The van der Waals surface area contributed by atoms with Gasteiger partial charge in [-0.1, -0.05) is 23.7 Å². The van der Waals surface area contributed by atoms with Crippen LogP contribution in [0.15, 0.2) is 71.9 Å². The first-order chi connectivity index (χ1) is 20.8. The number of nitrogens with one attached hydrogen (secondary N) is 2. The fourth-order valence-electron chi connectivity index (χ4n) is 4.66. The number of amides is 1. The fraction of sp³-hybridized carbons (Fsp3) is 0.194. The third-order valence-corrected chi connectivity index (χ3v) is 6.93. The number of rotatable bonds is 9. The Labute approximate surface area is 251 Å². The summed E-state index contributed by atoms with van der Waals surface area (Å²) in [6.07, 6.45) is 1.85. The summed E-state index contributed by atoms with van der Waals surface area (Å²) in [5.74, 6) is -2.21. The van der Waals surface area contributed by atoms with E-state index in [1.165, 1.54) is 18.2 Å². The van der Waals surface area contributed by atoms with Crippen molar-refractivity contribution in [2.75, 3.05) is 18.5 Å². The number of ether oxygens (including phenoxy) is 1. The second kappa shape index (κ2) is 13.1. The maximum atomic E-state index is 14.8. The maximum Gasteiger partial charge on any atom is 0.328 e. The number of aliphatic imine (C=N–C) groups is 1. The van der Waals surface area contributed by atoms with E-state index in [2.05, 4.69) is 20.6 Å². The summed E-state index contributed by atoms with van der Waals surface area (Å²) in [7, 11) is 0. The Morgan fingerprint density at radius 2 is 1.81 bits per heavy atom. The molecule has 1 amide bonds. The minimum absolute atomic E-state index is 0.0891. The molecule has 0 fully saturated rings. The third kappa shape index (κ3) is 6.52. The van der Waals surface area contributed by atoms with Gasteiger partial charge in [0, 0.05) is 39.2 Å². The Kier molecular flexibility index (Phi) is 9.03. The number of nitrogens with zero attached hydrogens (tertiary/aromatic N) is 3. The molecule has 43 heavy (non-hydrogen) atoms. The molecule has 1 aromatic heterocycles. The molecule has 1 aliphatic rings. The number of hydrogen-bond acceptors (Lipinski definition) is 8. The smallest absolute Gasteiger partial charge is 0.328 e. The summed E-state index contributed by atoms with van der Waals surface area (Å²) in [5.41, 5.74) is 8.59. The van der Waals surface area contributed by atoms with E-state index in [0.717, 1.165) is 0 Å². The van der Waals surface area contributed by atoms with Gasteiger partial charge in [0.15, 0.2) is 0 Å². The van der Waals surface area contributed by atoms with Gasteiger partial charge in [0.2, 0.25) is 5.95 Å². The summed E-state index contributed by atoms with van der Waals surface area (Å²) in [4.78, 5) is 38.5. The number of hydrogen-bond donors (Lipinski definition) is 3. The highest BCUT2D eigenvalue weighted by Gasteiger charge is 2.25. The largest absolute Gasteiger partial charge is 0.464 e. The molecule has 0 radical (unpaired) electrons. The van der Waals surface area contributed by atoms with Gasteiger partial charge in [-0.25, -0.2) is 23.5 Å². The van der Waals surface area contributed by atoms with Crippen molar-refractivity contribution in [1.82, 2.24) is 15.3 Å². The van der Waals surface area contributed by atoms with E-state index in [0.29, 0.717) is 38.7 Å². The second-order valence-electron chi connectivity index (χ2n) is 9.58. The number of carbonyl (C=O) groups excluding carboxylic acids is 2. The zero-order valence-corrected chi connectivity index (χ0v) is 23.8. The molecule has 4 N–H and O–H groups in total. The summed E-state index contributed by atoms with van der Waals surface area (Å²) in [5, 5.41) is 6.14. The summed E-state index contributed by atoms with van der Waals surface area (Å²) in [6.45, 7) is 2.17. The maximum absolute atomic E-state index is 14.8. The molecule has 4 aromatic rings. The van der Waals surface area contributed by atoms with E-state index in [-0.39, 0.29) is 43.3 Å². The molecule has 220 valence electrons. The van der Waals surface area contributed by atoms with Crippen molar-refractivity contribution in [2.24, 2.45) is 10.7 Å². The Balaban J connectivity index is 1.39. The molecule has 0 saturated heterocycles. The van der Waals surface area contributed by atoms with Crippen LogP contribution in [0.4, 0.5) is 20.4 Å². The number of fused-ring (bicyclic) bond motifs is 3. The normalized spacial score (nSPS) is 12.7. The van der Waals surface area contributed by atoms with Gasteiger partial charge in [-0.2, -0.15) is 0 Å². The molecule has 3 aromatic carbocycles. The Hall–Kier alpha value is -4.74. The van der Waals surface area contributed by atoms with Crippen LogP contribution in [-0.4, -0.2) is 46.7 Å². The number of nitrogens with two attached hydrogens (primary N) is 1. The highest BCUT2D eigenvalue weighted by atomic mass is 35.5. The molecule has 2 heterocycles. The first-order valence-corrected chi connectivity index (χ1v) is 13.9. The topological polar surface area (TPSA) is 132 Å². The molecule has 0 bridgehead atoms. The standard InChI is InChI=1S/C31H27ClF2N6O3/c1-2-43-30(42)25(12-13-35)39-29(41)17-6-9-20(10-7-17)38-31-37-16-18-15-36-28(26-23(33)4-3-5-24(26)34)22-14-19(32)8-11-21(22)27(18)40-31/h3-11,14,16,25H,2,12-13,15,35H2,1H3,(H,39,41)(H,37,38,40)/t25-/m1/s1. The molecule has 1 aliphatic heterocycles. The van der Waals surface area contributed by atoms with E-state index in [1.807, 2.05) is 0 Å². The van der Waals surface area contributed by atoms with Gasteiger partial charge < -0.3 is 21.1 Å². The van der Waals surface area contributed by atoms with Crippen LogP contribution in [0, 0.1) is 11.6 Å². The predicted octanol–water partition coefficient (Wildman–Crippen LogP) is 5.18. The predicted molar refractivity (Wildman–Crippen MR) is 159 cm³/mol. The number of esters is 1. The molecular weight excluding hydrogens is 578 g/mol. The van der Waals surface area contributed by atoms with E-state index in [4.69, 9.17) is 27.1 Å². The zero-order valence-electron chi connectivity index (χ0n) is 23.0. The third-order valence-electron chi connectivity index (χ3n) is 6.70. The van der Waals surface area contributed by atoms with Crippen molar-refractivity contribution < 1.29 is 23.1 Å². The van der Waals surface area contributed by atoms with Gasteiger partial charge >= 0.3 is 5.97 Å². The fourth-order valence-corrected chi connectivity index (χ4v) is 4.83. The summed E-state index contributed by atoms with van der Waals surface area (Å²) >= 11 is 6.29. The van der Waals surface area contributed by atoms with Crippen molar-refractivity contribution in [2.45, 2.75) is 25.9 Å². The van der Waals surface area contributed by atoms with Gasteiger partial charge in [-0.05, 0) is 68.4 Å².